The molecule has 1 unspecified atom stereocenters. The lowest BCUT2D eigenvalue weighted by Gasteiger charge is -2.19. The number of fused-ring (bicyclic) bond motifs is 1. The summed E-state index contributed by atoms with van der Waals surface area (Å²) in [4.78, 5) is 37.3. The molecule has 0 radical (unpaired) electrons. The molecule has 7 nitrogen and oxygen atoms in total. The number of nitrogens with two attached hydrogens (primary N) is 1. The maximum absolute atomic E-state index is 14.3. The summed E-state index contributed by atoms with van der Waals surface area (Å²) in [7, 11) is 0. The molecule has 1 aromatic carbocycles. The van der Waals surface area contributed by atoms with E-state index < -0.39 is 29.2 Å². The molecule has 148 valence electrons. The monoisotopic (exact) mass is 471 g/mol. The highest BCUT2D eigenvalue weighted by Crippen LogP contribution is 2.38. The lowest BCUT2D eigenvalue weighted by molar-refractivity contribution is -0.119. The van der Waals surface area contributed by atoms with Crippen molar-refractivity contribution in [1.29, 1.82) is 0 Å². The summed E-state index contributed by atoms with van der Waals surface area (Å²) in [6, 6.07) is 4.21. The molecule has 2 aromatic rings. The van der Waals surface area contributed by atoms with Crippen LogP contribution in [-0.4, -0.2) is 23.1 Å². The van der Waals surface area contributed by atoms with E-state index in [1.165, 1.54) is 16.7 Å². The van der Waals surface area contributed by atoms with Crippen LogP contribution in [0.15, 0.2) is 27.5 Å². The number of aromatic nitrogens is 1. The molecule has 0 saturated heterocycles. The number of ether oxygens (including phenoxy) is 1. The highest BCUT2D eigenvalue weighted by molar-refractivity contribution is 9.10. The maximum atomic E-state index is 14.3. The minimum absolute atomic E-state index is 0.00591. The Kier molecular flexibility index (Phi) is 5.76. The van der Waals surface area contributed by atoms with Crippen molar-refractivity contribution in [3.8, 4) is 0 Å². The zero-order valence-electron chi connectivity index (χ0n) is 14.7. The zero-order valence-corrected chi connectivity index (χ0v) is 17.1. The molecule has 1 aliphatic heterocycles. The average molecular weight is 473 g/mol. The van der Waals surface area contributed by atoms with Crippen LogP contribution in [0.25, 0.3) is 0 Å². The van der Waals surface area contributed by atoms with E-state index in [0.717, 1.165) is 0 Å². The third-order valence-electron chi connectivity index (χ3n) is 4.43. The molecule has 0 spiro atoms. The van der Waals surface area contributed by atoms with Gasteiger partial charge >= 0.3 is 5.97 Å². The predicted molar refractivity (Wildman–Crippen MR) is 106 cm³/mol. The SMILES string of the molecule is CCOC(=O)c1c(Nc2ccc(Br)cc2F)c(Cl)c(=O)n2c1C(C(N)=O)CC2. The molecule has 3 N–H and O–H groups in total. The number of rotatable bonds is 5. The van der Waals surface area contributed by atoms with Crippen LogP contribution in [0.2, 0.25) is 5.02 Å². The number of hydrogen-bond donors (Lipinski definition) is 2. The number of carbonyl (C=O) groups excluding carboxylic acids is 2. The molecule has 2 heterocycles. The minimum atomic E-state index is -0.861. The Morgan fingerprint density at radius 1 is 1.46 bits per heavy atom. The first-order valence-electron chi connectivity index (χ1n) is 8.40. The van der Waals surface area contributed by atoms with Gasteiger partial charge in [0.2, 0.25) is 5.91 Å². The number of hydrogen-bond acceptors (Lipinski definition) is 5. The fraction of sp³-hybridized carbons (Fsp3) is 0.278. The highest BCUT2D eigenvalue weighted by atomic mass is 79.9. The smallest absolute Gasteiger partial charge is 0.342 e. The third-order valence-corrected chi connectivity index (χ3v) is 5.28. The van der Waals surface area contributed by atoms with Gasteiger partial charge in [-0.3, -0.25) is 9.59 Å². The topological polar surface area (TPSA) is 103 Å². The summed E-state index contributed by atoms with van der Waals surface area (Å²) in [6.07, 6.45) is 0.253. The number of nitrogens with zero attached hydrogens (tertiary/aromatic N) is 1. The summed E-state index contributed by atoms with van der Waals surface area (Å²) in [6.45, 7) is 1.85. The van der Waals surface area contributed by atoms with Gasteiger partial charge in [-0.05, 0) is 31.5 Å². The van der Waals surface area contributed by atoms with E-state index in [0.29, 0.717) is 4.47 Å². The van der Waals surface area contributed by atoms with E-state index in [1.54, 1.807) is 13.0 Å². The molecular formula is C18H16BrClFN3O4. The van der Waals surface area contributed by atoms with Crippen LogP contribution < -0.4 is 16.6 Å². The first-order chi connectivity index (χ1) is 13.3. The Morgan fingerprint density at radius 2 is 2.18 bits per heavy atom. The van der Waals surface area contributed by atoms with E-state index in [4.69, 9.17) is 22.1 Å². The molecule has 0 fully saturated rings. The quantitative estimate of drug-likeness (QED) is 0.650. The zero-order chi connectivity index (χ0) is 20.6. The summed E-state index contributed by atoms with van der Waals surface area (Å²) < 4.78 is 21.2. The predicted octanol–water partition coefficient (Wildman–Crippen LogP) is 3.30. The number of anilines is 2. The second-order valence-corrected chi connectivity index (χ2v) is 7.41. The van der Waals surface area contributed by atoms with Crippen LogP contribution in [0.4, 0.5) is 15.8 Å². The molecule has 10 heteroatoms. The summed E-state index contributed by atoms with van der Waals surface area (Å²) in [5, 5.41) is 2.41. The number of amides is 1. The molecule has 1 amide bonds. The van der Waals surface area contributed by atoms with E-state index in [2.05, 4.69) is 21.2 Å². The normalized spacial score (nSPS) is 15.2. The molecule has 0 bridgehead atoms. The fourth-order valence-corrected chi connectivity index (χ4v) is 3.79. The molecule has 28 heavy (non-hydrogen) atoms. The van der Waals surface area contributed by atoms with Gasteiger partial charge in [0.1, 0.15) is 16.4 Å². The van der Waals surface area contributed by atoms with Gasteiger partial charge in [0, 0.05) is 11.0 Å². The molecule has 0 saturated carbocycles. The van der Waals surface area contributed by atoms with E-state index in [1.807, 2.05) is 0 Å². The molecule has 1 aromatic heterocycles. The fourth-order valence-electron chi connectivity index (χ4n) is 3.22. The first-order valence-corrected chi connectivity index (χ1v) is 9.58. The van der Waals surface area contributed by atoms with Crippen molar-refractivity contribution < 1.29 is 18.7 Å². The van der Waals surface area contributed by atoms with Crippen molar-refractivity contribution in [2.75, 3.05) is 11.9 Å². The largest absolute Gasteiger partial charge is 0.462 e. The molecular weight excluding hydrogens is 457 g/mol. The number of halogens is 3. The van der Waals surface area contributed by atoms with Crippen LogP contribution in [0.3, 0.4) is 0 Å². The Labute approximate surface area is 172 Å². The van der Waals surface area contributed by atoms with Crippen LogP contribution in [0.1, 0.15) is 35.3 Å². The van der Waals surface area contributed by atoms with Gasteiger partial charge in [-0.25, -0.2) is 9.18 Å². The Hall–Kier alpha value is -2.39. The first kappa shape index (κ1) is 20.3. The van der Waals surface area contributed by atoms with Crippen molar-refractivity contribution in [1.82, 2.24) is 4.57 Å². The average Bonchev–Trinajstić information content (AvgIpc) is 3.06. The van der Waals surface area contributed by atoms with Crippen molar-refractivity contribution in [2.45, 2.75) is 25.8 Å². The number of benzene rings is 1. The van der Waals surface area contributed by atoms with Crippen molar-refractivity contribution in [2.24, 2.45) is 5.73 Å². The lowest BCUT2D eigenvalue weighted by Crippen LogP contribution is -2.29. The Balaban J connectivity index is 2.27. The van der Waals surface area contributed by atoms with Gasteiger partial charge in [0.15, 0.2) is 0 Å². The Bertz CT molecular complexity index is 1040. The van der Waals surface area contributed by atoms with Gasteiger partial charge in [-0.2, -0.15) is 0 Å². The van der Waals surface area contributed by atoms with E-state index in [9.17, 15) is 18.8 Å². The van der Waals surface area contributed by atoms with Crippen LogP contribution in [0, 0.1) is 5.82 Å². The molecule has 1 aliphatic rings. The highest BCUT2D eigenvalue weighted by Gasteiger charge is 2.37. The second-order valence-electron chi connectivity index (χ2n) is 6.12. The number of esters is 1. The van der Waals surface area contributed by atoms with E-state index in [-0.39, 0.29) is 47.2 Å². The summed E-state index contributed by atoms with van der Waals surface area (Å²) in [5.74, 6) is -2.97. The third kappa shape index (κ3) is 3.51. The van der Waals surface area contributed by atoms with Gasteiger partial charge in [-0.15, -0.1) is 0 Å². The number of nitrogens with one attached hydrogen (secondary N) is 1. The standard InChI is InChI=1S/C18H16BrClFN3O4/c1-2-28-18(27)12-14(23-11-4-3-8(19)7-10(11)21)13(20)17(26)24-6-5-9(15(12)24)16(22)25/h3-4,7,9,23H,2,5-6H2,1H3,(H2,22,25). The molecule has 3 rings (SSSR count). The number of pyridine rings is 1. The summed E-state index contributed by atoms with van der Waals surface area (Å²) >= 11 is 9.39. The minimum Gasteiger partial charge on any atom is -0.462 e. The second kappa shape index (κ2) is 7.92. The Morgan fingerprint density at radius 3 is 2.79 bits per heavy atom. The van der Waals surface area contributed by atoms with Crippen molar-refractivity contribution >= 4 is 50.8 Å². The molecule has 0 aliphatic carbocycles. The van der Waals surface area contributed by atoms with Gasteiger partial charge in [0.25, 0.3) is 5.56 Å². The van der Waals surface area contributed by atoms with Crippen LogP contribution in [-0.2, 0) is 16.1 Å². The van der Waals surface area contributed by atoms with Crippen LogP contribution in [0.5, 0.6) is 0 Å². The van der Waals surface area contributed by atoms with Crippen molar-refractivity contribution in [3.63, 3.8) is 0 Å². The molecule has 1 atom stereocenters. The van der Waals surface area contributed by atoms with Crippen molar-refractivity contribution in [3.05, 3.63) is 55.1 Å². The maximum Gasteiger partial charge on any atom is 0.342 e. The summed E-state index contributed by atoms with van der Waals surface area (Å²) in [5.41, 5.74) is 4.76. The van der Waals surface area contributed by atoms with Crippen LogP contribution >= 0.6 is 27.5 Å². The van der Waals surface area contributed by atoms with Gasteiger partial charge in [-0.1, -0.05) is 27.5 Å². The van der Waals surface area contributed by atoms with Gasteiger partial charge in [0.05, 0.1) is 29.6 Å². The number of carbonyl (C=O) groups is 2. The van der Waals surface area contributed by atoms with Gasteiger partial charge < -0.3 is 20.4 Å². The van der Waals surface area contributed by atoms with E-state index >= 15 is 0 Å². The number of primary amides is 1. The lowest BCUT2D eigenvalue weighted by atomic mass is 9.98.